The average Bonchev–Trinajstić information content (AvgIpc) is 2.95. The highest BCUT2D eigenvalue weighted by Crippen LogP contribution is 2.37. The van der Waals surface area contributed by atoms with E-state index in [2.05, 4.69) is 30.1 Å². The molecule has 3 rings (SSSR count). The number of hydrogen-bond donors (Lipinski definition) is 1. The van der Waals surface area contributed by atoms with Gasteiger partial charge < -0.3 is 5.73 Å². The number of thiophene rings is 1. The molecule has 1 aliphatic rings. The van der Waals surface area contributed by atoms with E-state index in [0.29, 0.717) is 6.04 Å². The molecule has 0 amide bonds. The Kier molecular flexibility index (Phi) is 3.52. The second-order valence-corrected chi connectivity index (χ2v) is 6.93. The van der Waals surface area contributed by atoms with Gasteiger partial charge in [0, 0.05) is 23.2 Å². The van der Waals surface area contributed by atoms with Crippen molar-refractivity contribution in [2.24, 2.45) is 0 Å². The topological polar surface area (TPSA) is 29.3 Å². The molecule has 1 aromatic carbocycles. The molecule has 4 heteroatoms. The highest BCUT2D eigenvalue weighted by atomic mass is 35.5. The molecule has 100 valence electrons. The number of anilines is 1. The van der Waals surface area contributed by atoms with E-state index >= 15 is 0 Å². The summed E-state index contributed by atoms with van der Waals surface area (Å²) in [6.07, 6.45) is 2.30. The Bertz CT molecular complexity index is 594. The predicted octanol–water partition coefficient (Wildman–Crippen LogP) is 4.10. The van der Waals surface area contributed by atoms with Crippen LogP contribution >= 0.6 is 22.9 Å². The lowest BCUT2D eigenvalue weighted by Crippen LogP contribution is -2.21. The van der Waals surface area contributed by atoms with Gasteiger partial charge in [-0.05, 0) is 55.3 Å². The summed E-state index contributed by atoms with van der Waals surface area (Å²) >= 11 is 7.65. The monoisotopic (exact) mass is 292 g/mol. The van der Waals surface area contributed by atoms with E-state index in [0.717, 1.165) is 23.0 Å². The van der Waals surface area contributed by atoms with E-state index in [4.69, 9.17) is 17.3 Å². The minimum atomic E-state index is 0.497. The van der Waals surface area contributed by atoms with Gasteiger partial charge in [0.2, 0.25) is 0 Å². The zero-order valence-electron chi connectivity index (χ0n) is 10.9. The van der Waals surface area contributed by atoms with E-state index in [1.165, 1.54) is 22.4 Å². The molecule has 2 aromatic rings. The Labute approximate surface area is 122 Å². The van der Waals surface area contributed by atoms with Crippen LogP contribution in [0, 0.1) is 0 Å². The van der Waals surface area contributed by atoms with Crippen LogP contribution in [0.5, 0.6) is 0 Å². The van der Waals surface area contributed by atoms with Gasteiger partial charge in [0.15, 0.2) is 0 Å². The fourth-order valence-corrected chi connectivity index (χ4v) is 4.02. The number of aryl methyl sites for hydroxylation is 1. The van der Waals surface area contributed by atoms with Crippen LogP contribution in [0.4, 0.5) is 5.69 Å². The second kappa shape index (κ2) is 5.16. The molecule has 0 aliphatic heterocycles. The summed E-state index contributed by atoms with van der Waals surface area (Å²) in [7, 11) is 2.18. The summed E-state index contributed by atoms with van der Waals surface area (Å²) in [4.78, 5) is 3.72. The van der Waals surface area contributed by atoms with Crippen molar-refractivity contribution in [3.05, 3.63) is 50.7 Å². The van der Waals surface area contributed by atoms with Crippen LogP contribution in [-0.2, 0) is 13.0 Å². The van der Waals surface area contributed by atoms with E-state index in [1.54, 1.807) is 11.3 Å². The normalized spacial score (nSPS) is 17.9. The summed E-state index contributed by atoms with van der Waals surface area (Å²) in [5.41, 5.74) is 9.55. The lowest BCUT2D eigenvalue weighted by molar-refractivity contribution is 0.238. The highest BCUT2D eigenvalue weighted by molar-refractivity contribution is 7.16. The SMILES string of the molecule is CN(Cc1ccc(Cl)s1)C1CCc2cc(N)ccc21. The molecule has 1 atom stereocenters. The minimum Gasteiger partial charge on any atom is -0.399 e. The van der Waals surface area contributed by atoms with Crippen LogP contribution in [0.3, 0.4) is 0 Å². The van der Waals surface area contributed by atoms with Crippen molar-refractivity contribution in [1.82, 2.24) is 4.90 Å². The third-order valence-corrected chi connectivity index (χ3v) is 5.00. The minimum absolute atomic E-state index is 0.497. The maximum Gasteiger partial charge on any atom is 0.0931 e. The van der Waals surface area contributed by atoms with Gasteiger partial charge in [0.05, 0.1) is 4.34 Å². The molecule has 19 heavy (non-hydrogen) atoms. The first-order chi connectivity index (χ1) is 9.13. The molecule has 0 saturated heterocycles. The molecule has 1 heterocycles. The Morgan fingerprint density at radius 3 is 2.95 bits per heavy atom. The van der Waals surface area contributed by atoms with E-state index < -0.39 is 0 Å². The van der Waals surface area contributed by atoms with Crippen LogP contribution in [0.25, 0.3) is 0 Å². The van der Waals surface area contributed by atoms with Gasteiger partial charge in [0.1, 0.15) is 0 Å². The standard InChI is InChI=1S/C15H17ClN2S/c1-18(9-12-4-7-15(16)19-12)14-6-2-10-8-11(17)3-5-13(10)14/h3-5,7-8,14H,2,6,9,17H2,1H3. The lowest BCUT2D eigenvalue weighted by Gasteiger charge is -2.24. The van der Waals surface area contributed by atoms with Gasteiger partial charge in [0.25, 0.3) is 0 Å². The third kappa shape index (κ3) is 2.64. The molecule has 0 fully saturated rings. The maximum absolute atomic E-state index is 5.99. The first-order valence-corrected chi connectivity index (χ1v) is 7.65. The van der Waals surface area contributed by atoms with Gasteiger partial charge in [-0.25, -0.2) is 0 Å². The zero-order valence-corrected chi connectivity index (χ0v) is 12.5. The van der Waals surface area contributed by atoms with Crippen LogP contribution in [0.15, 0.2) is 30.3 Å². The van der Waals surface area contributed by atoms with Crippen molar-refractivity contribution in [3.8, 4) is 0 Å². The first-order valence-electron chi connectivity index (χ1n) is 6.46. The number of fused-ring (bicyclic) bond motifs is 1. The highest BCUT2D eigenvalue weighted by Gasteiger charge is 2.26. The van der Waals surface area contributed by atoms with Crippen molar-refractivity contribution in [3.63, 3.8) is 0 Å². The lowest BCUT2D eigenvalue weighted by atomic mass is 10.1. The number of rotatable bonds is 3. The molecular weight excluding hydrogens is 276 g/mol. The molecule has 0 saturated carbocycles. The molecule has 2 N–H and O–H groups in total. The van der Waals surface area contributed by atoms with Gasteiger partial charge in [-0.2, -0.15) is 0 Å². The van der Waals surface area contributed by atoms with E-state index in [9.17, 15) is 0 Å². The van der Waals surface area contributed by atoms with Gasteiger partial charge >= 0.3 is 0 Å². The molecule has 0 bridgehead atoms. The van der Waals surface area contributed by atoms with Crippen molar-refractivity contribution < 1.29 is 0 Å². The van der Waals surface area contributed by atoms with Crippen LogP contribution in [0.1, 0.15) is 28.5 Å². The fourth-order valence-electron chi connectivity index (χ4n) is 2.87. The van der Waals surface area contributed by atoms with Crippen molar-refractivity contribution >= 4 is 28.6 Å². The smallest absolute Gasteiger partial charge is 0.0931 e. The molecule has 1 unspecified atom stereocenters. The molecule has 1 aliphatic carbocycles. The summed E-state index contributed by atoms with van der Waals surface area (Å²) in [5, 5.41) is 0. The van der Waals surface area contributed by atoms with Crippen molar-refractivity contribution in [2.45, 2.75) is 25.4 Å². The summed E-state index contributed by atoms with van der Waals surface area (Å²) in [6.45, 7) is 0.950. The predicted molar refractivity (Wildman–Crippen MR) is 82.7 cm³/mol. The Balaban J connectivity index is 1.77. The number of nitrogen functional groups attached to an aromatic ring is 1. The largest absolute Gasteiger partial charge is 0.399 e. The first kappa shape index (κ1) is 13.0. The molecule has 1 aromatic heterocycles. The Hall–Kier alpha value is -1.03. The van der Waals surface area contributed by atoms with Crippen LogP contribution in [0.2, 0.25) is 4.34 Å². The van der Waals surface area contributed by atoms with E-state index in [-0.39, 0.29) is 0 Å². The maximum atomic E-state index is 5.99. The van der Waals surface area contributed by atoms with Crippen LogP contribution in [-0.4, -0.2) is 11.9 Å². The molecule has 0 spiro atoms. The number of hydrogen-bond acceptors (Lipinski definition) is 3. The molecular formula is C15H17ClN2S. The van der Waals surface area contributed by atoms with Gasteiger partial charge in [-0.15, -0.1) is 11.3 Å². The summed E-state index contributed by atoms with van der Waals surface area (Å²) in [5.74, 6) is 0. The molecule has 2 nitrogen and oxygen atoms in total. The van der Waals surface area contributed by atoms with Crippen molar-refractivity contribution in [1.29, 1.82) is 0 Å². The zero-order chi connectivity index (χ0) is 13.4. The summed E-state index contributed by atoms with van der Waals surface area (Å²) < 4.78 is 0.864. The quantitative estimate of drug-likeness (QED) is 0.863. The van der Waals surface area contributed by atoms with E-state index in [1.807, 2.05) is 12.1 Å². The number of nitrogens with two attached hydrogens (primary N) is 1. The van der Waals surface area contributed by atoms with Crippen molar-refractivity contribution in [2.75, 3.05) is 12.8 Å². The number of halogens is 1. The van der Waals surface area contributed by atoms with Gasteiger partial charge in [-0.1, -0.05) is 17.7 Å². The van der Waals surface area contributed by atoms with Gasteiger partial charge in [-0.3, -0.25) is 4.90 Å². The molecule has 0 radical (unpaired) electrons. The Morgan fingerprint density at radius 2 is 2.21 bits per heavy atom. The number of benzene rings is 1. The second-order valence-electron chi connectivity index (χ2n) is 5.13. The van der Waals surface area contributed by atoms with Crippen LogP contribution < -0.4 is 5.73 Å². The third-order valence-electron chi connectivity index (χ3n) is 3.78. The summed E-state index contributed by atoms with van der Waals surface area (Å²) in [6, 6.07) is 10.9. The Morgan fingerprint density at radius 1 is 1.37 bits per heavy atom. The average molecular weight is 293 g/mol. The fraction of sp³-hybridized carbons (Fsp3) is 0.333. The number of nitrogens with zero attached hydrogens (tertiary/aromatic N) is 1.